The van der Waals surface area contributed by atoms with Crippen LogP contribution in [0.2, 0.25) is 5.02 Å². The van der Waals surface area contributed by atoms with Crippen LogP contribution in [0.25, 0.3) is 0 Å². The van der Waals surface area contributed by atoms with Crippen molar-refractivity contribution in [3.05, 3.63) is 94.5 Å². The van der Waals surface area contributed by atoms with Crippen molar-refractivity contribution in [1.29, 1.82) is 0 Å². The molecule has 0 heterocycles. The molecule has 0 saturated carbocycles. The second kappa shape index (κ2) is 12.3. The highest BCUT2D eigenvalue weighted by Crippen LogP contribution is 2.23. The fraction of sp³-hybridized carbons (Fsp3) is 0.259. The van der Waals surface area contributed by atoms with Crippen LogP contribution < -0.4 is 5.32 Å². The highest BCUT2D eigenvalue weighted by atomic mass is 35.5. The first kappa shape index (κ1) is 28.3. The van der Waals surface area contributed by atoms with Crippen molar-refractivity contribution in [2.45, 2.75) is 35.3 Å². The van der Waals surface area contributed by atoms with Gasteiger partial charge in [-0.05, 0) is 73.0 Å². The molecule has 196 valence electrons. The number of carboxylic acids is 1. The number of rotatable bonds is 11. The molecular formula is C27H29ClN2O6S. The Kier molecular flexibility index (Phi) is 9.45. The van der Waals surface area contributed by atoms with E-state index in [4.69, 9.17) is 16.7 Å². The molecule has 0 saturated heterocycles. The Hall–Kier alpha value is -3.24. The maximum atomic E-state index is 13.0. The molecule has 0 aliphatic heterocycles. The van der Waals surface area contributed by atoms with Crippen molar-refractivity contribution in [1.82, 2.24) is 10.2 Å². The van der Waals surface area contributed by atoms with E-state index in [1.54, 1.807) is 30.3 Å². The standard InChI is InChI=1S/C27H29ClN2O6S/c1-18(29-16-25(31)21-4-3-5-22(28)15-21)14-19-6-10-23(11-7-19)37(35,36)24-12-8-20(9-13-24)27(34)30(2)17-26(32)33/h3-13,15,18,25,29,31H,14,16-17H2,1-2H3,(H,32,33). The third-order valence-corrected chi connectivity index (χ3v) is 7.82. The summed E-state index contributed by atoms with van der Waals surface area (Å²) in [6.07, 6.45) is -0.0728. The second-order valence-electron chi connectivity index (χ2n) is 8.81. The molecule has 0 fully saturated rings. The summed E-state index contributed by atoms with van der Waals surface area (Å²) < 4.78 is 26.1. The van der Waals surface area contributed by atoms with Gasteiger partial charge in [0, 0.05) is 30.2 Å². The van der Waals surface area contributed by atoms with E-state index in [9.17, 15) is 23.1 Å². The van der Waals surface area contributed by atoms with Crippen LogP contribution in [0.4, 0.5) is 0 Å². The monoisotopic (exact) mass is 544 g/mol. The predicted molar refractivity (Wildman–Crippen MR) is 141 cm³/mol. The van der Waals surface area contributed by atoms with Crippen LogP contribution >= 0.6 is 11.6 Å². The van der Waals surface area contributed by atoms with Crippen molar-refractivity contribution < 1.29 is 28.2 Å². The molecule has 0 radical (unpaired) electrons. The molecule has 3 aromatic carbocycles. The number of sulfone groups is 1. The molecule has 3 aromatic rings. The average Bonchev–Trinajstić information content (AvgIpc) is 2.86. The van der Waals surface area contributed by atoms with Crippen LogP contribution in [-0.4, -0.2) is 61.6 Å². The number of nitrogens with one attached hydrogen (secondary N) is 1. The third-order valence-electron chi connectivity index (χ3n) is 5.80. The number of carbonyl (C=O) groups excluding carboxylic acids is 1. The summed E-state index contributed by atoms with van der Waals surface area (Å²) in [7, 11) is -2.44. The van der Waals surface area contributed by atoms with Crippen molar-refractivity contribution >= 4 is 33.3 Å². The lowest BCUT2D eigenvalue weighted by atomic mass is 10.1. The lowest BCUT2D eigenvalue weighted by Gasteiger charge is -2.18. The summed E-state index contributed by atoms with van der Waals surface area (Å²) in [5.41, 5.74) is 1.85. The van der Waals surface area contributed by atoms with Gasteiger partial charge in [-0.1, -0.05) is 35.9 Å². The van der Waals surface area contributed by atoms with E-state index in [2.05, 4.69) is 5.32 Å². The van der Waals surface area contributed by atoms with Gasteiger partial charge in [0.05, 0.1) is 15.9 Å². The van der Waals surface area contributed by atoms with Gasteiger partial charge in [0.2, 0.25) is 9.84 Å². The van der Waals surface area contributed by atoms with Crippen LogP contribution in [0, 0.1) is 0 Å². The molecule has 0 aliphatic carbocycles. The van der Waals surface area contributed by atoms with Gasteiger partial charge in [-0.25, -0.2) is 8.42 Å². The zero-order valence-corrected chi connectivity index (χ0v) is 22.0. The van der Waals surface area contributed by atoms with Crippen molar-refractivity contribution in [2.75, 3.05) is 20.1 Å². The molecule has 0 aliphatic rings. The molecule has 0 aromatic heterocycles. The zero-order chi connectivity index (χ0) is 27.2. The van der Waals surface area contributed by atoms with Gasteiger partial charge in [0.25, 0.3) is 5.91 Å². The first-order valence-electron chi connectivity index (χ1n) is 11.6. The van der Waals surface area contributed by atoms with E-state index < -0.39 is 34.4 Å². The molecule has 0 spiro atoms. The minimum absolute atomic E-state index is 0.0284. The van der Waals surface area contributed by atoms with Crippen molar-refractivity contribution in [3.8, 4) is 0 Å². The number of aliphatic carboxylic acids is 1. The first-order valence-corrected chi connectivity index (χ1v) is 13.4. The quantitative estimate of drug-likeness (QED) is 0.337. The number of amides is 1. The number of halogens is 1. The smallest absolute Gasteiger partial charge is 0.323 e. The van der Waals surface area contributed by atoms with Gasteiger partial charge >= 0.3 is 5.97 Å². The van der Waals surface area contributed by atoms with Crippen LogP contribution in [0.15, 0.2) is 82.6 Å². The summed E-state index contributed by atoms with van der Waals surface area (Å²) >= 11 is 5.98. The Bertz CT molecular complexity index is 1340. The van der Waals surface area contributed by atoms with E-state index in [0.29, 0.717) is 18.0 Å². The molecule has 10 heteroatoms. The maximum absolute atomic E-state index is 13.0. The summed E-state index contributed by atoms with van der Waals surface area (Å²) in [5.74, 6) is -1.66. The van der Waals surface area contributed by atoms with E-state index in [1.165, 1.54) is 43.4 Å². The summed E-state index contributed by atoms with van der Waals surface area (Å²) in [5, 5.41) is 23.0. The number of aliphatic hydroxyl groups is 1. The lowest BCUT2D eigenvalue weighted by Crippen LogP contribution is -2.32. The Morgan fingerprint density at radius 1 is 1.00 bits per heavy atom. The number of benzene rings is 3. The lowest BCUT2D eigenvalue weighted by molar-refractivity contribution is -0.137. The van der Waals surface area contributed by atoms with Gasteiger partial charge in [0.1, 0.15) is 6.54 Å². The summed E-state index contributed by atoms with van der Waals surface area (Å²) in [4.78, 5) is 24.3. The van der Waals surface area contributed by atoms with E-state index in [0.717, 1.165) is 16.0 Å². The Morgan fingerprint density at radius 3 is 2.16 bits per heavy atom. The summed E-state index contributed by atoms with van der Waals surface area (Å²) in [6.45, 7) is 1.87. The van der Waals surface area contributed by atoms with Gasteiger partial charge < -0.3 is 20.4 Å². The molecule has 2 unspecified atom stereocenters. The zero-order valence-electron chi connectivity index (χ0n) is 20.5. The van der Waals surface area contributed by atoms with Gasteiger partial charge in [0.15, 0.2) is 0 Å². The Morgan fingerprint density at radius 2 is 1.59 bits per heavy atom. The minimum Gasteiger partial charge on any atom is -0.480 e. The Balaban J connectivity index is 1.60. The molecule has 37 heavy (non-hydrogen) atoms. The molecule has 8 nitrogen and oxygen atoms in total. The fourth-order valence-electron chi connectivity index (χ4n) is 3.78. The number of hydrogen-bond donors (Lipinski definition) is 3. The SMILES string of the molecule is CC(Cc1ccc(S(=O)(=O)c2ccc(C(=O)N(C)CC(=O)O)cc2)cc1)NCC(O)c1cccc(Cl)c1. The number of hydrogen-bond acceptors (Lipinski definition) is 6. The van der Waals surface area contributed by atoms with E-state index in [1.807, 2.05) is 13.0 Å². The number of aliphatic hydroxyl groups excluding tert-OH is 1. The van der Waals surface area contributed by atoms with E-state index in [-0.39, 0.29) is 21.4 Å². The predicted octanol–water partition coefficient (Wildman–Crippen LogP) is 3.58. The number of carboxylic acid groups (broad SMARTS) is 1. The normalized spacial score (nSPS) is 13.1. The largest absolute Gasteiger partial charge is 0.480 e. The highest BCUT2D eigenvalue weighted by Gasteiger charge is 2.20. The molecule has 3 rings (SSSR count). The molecular weight excluding hydrogens is 516 g/mol. The number of likely N-dealkylation sites (N-methyl/N-ethyl adjacent to an activating group) is 1. The number of nitrogens with zero attached hydrogens (tertiary/aromatic N) is 1. The third kappa shape index (κ3) is 7.62. The van der Waals surface area contributed by atoms with Crippen molar-refractivity contribution in [2.24, 2.45) is 0 Å². The minimum atomic E-state index is -3.80. The average molecular weight is 545 g/mol. The first-order chi connectivity index (χ1) is 17.5. The van der Waals surface area contributed by atoms with Gasteiger partial charge in [-0.15, -0.1) is 0 Å². The Labute approximate surface area is 221 Å². The van der Waals surface area contributed by atoms with Crippen LogP contribution in [-0.2, 0) is 21.1 Å². The topological polar surface area (TPSA) is 124 Å². The van der Waals surface area contributed by atoms with E-state index >= 15 is 0 Å². The fourth-order valence-corrected chi connectivity index (χ4v) is 5.24. The van der Waals surface area contributed by atoms with Gasteiger partial charge in [-0.2, -0.15) is 0 Å². The van der Waals surface area contributed by atoms with Gasteiger partial charge in [-0.3, -0.25) is 9.59 Å². The molecule has 2 atom stereocenters. The summed E-state index contributed by atoms with van der Waals surface area (Å²) in [6, 6.07) is 19.1. The molecule has 0 bridgehead atoms. The number of carbonyl (C=O) groups is 2. The maximum Gasteiger partial charge on any atom is 0.323 e. The van der Waals surface area contributed by atoms with Crippen LogP contribution in [0.5, 0.6) is 0 Å². The van der Waals surface area contributed by atoms with Crippen LogP contribution in [0.3, 0.4) is 0 Å². The highest BCUT2D eigenvalue weighted by molar-refractivity contribution is 7.91. The molecule has 1 amide bonds. The second-order valence-corrected chi connectivity index (χ2v) is 11.2. The van der Waals surface area contributed by atoms with Crippen LogP contribution in [0.1, 0.15) is 34.5 Å². The molecule has 3 N–H and O–H groups in total. The van der Waals surface area contributed by atoms with Crippen molar-refractivity contribution in [3.63, 3.8) is 0 Å².